The van der Waals surface area contributed by atoms with E-state index in [1.807, 2.05) is 0 Å². The molecular formula is C18H15ClN2O2S. The number of hydrogen-bond acceptors (Lipinski definition) is 4. The lowest BCUT2D eigenvalue weighted by Gasteiger charge is -1.98. The first-order chi connectivity index (χ1) is 11.5. The monoisotopic (exact) mass is 358 g/mol. The first-order valence-electron chi connectivity index (χ1n) is 7.50. The van der Waals surface area contributed by atoms with Crippen molar-refractivity contribution in [3.63, 3.8) is 0 Å². The molecule has 1 aliphatic heterocycles. The molecule has 3 heterocycles. The van der Waals surface area contributed by atoms with Crippen LogP contribution in [0.15, 0.2) is 36.4 Å². The summed E-state index contributed by atoms with van der Waals surface area (Å²) in [5.74, 6) is -0.601. The van der Waals surface area contributed by atoms with Gasteiger partial charge in [-0.1, -0.05) is 30.7 Å². The lowest BCUT2D eigenvalue weighted by molar-refractivity contribution is 0.0879. The second-order valence-corrected chi connectivity index (χ2v) is 6.96. The molecule has 0 radical (unpaired) electrons. The van der Waals surface area contributed by atoms with E-state index in [0.717, 1.165) is 16.8 Å². The third kappa shape index (κ3) is 3.18. The fourth-order valence-electron chi connectivity index (χ4n) is 2.49. The van der Waals surface area contributed by atoms with Crippen molar-refractivity contribution in [1.82, 2.24) is 10.3 Å². The average molecular weight is 359 g/mol. The number of nitrogens with one attached hydrogen (secondary N) is 1. The van der Waals surface area contributed by atoms with Crippen LogP contribution in [0.1, 0.15) is 38.1 Å². The van der Waals surface area contributed by atoms with Gasteiger partial charge in [0.15, 0.2) is 0 Å². The Morgan fingerprint density at radius 2 is 1.75 bits per heavy atom. The van der Waals surface area contributed by atoms with E-state index in [4.69, 9.17) is 11.6 Å². The molecule has 1 aromatic carbocycles. The number of nitrogens with zero attached hydrogens (tertiary/aromatic N) is 1. The van der Waals surface area contributed by atoms with Gasteiger partial charge in [-0.25, -0.2) is 4.98 Å². The number of pyridine rings is 1. The highest BCUT2D eigenvalue weighted by Crippen LogP contribution is 2.27. The number of imide groups is 1. The van der Waals surface area contributed by atoms with Gasteiger partial charge in [-0.05, 0) is 43.2 Å². The maximum absolute atomic E-state index is 10.9. The molecule has 0 saturated carbocycles. The Balaban J connectivity index is 0.000000143. The Labute approximate surface area is 148 Å². The second-order valence-electron chi connectivity index (χ2n) is 5.37. The van der Waals surface area contributed by atoms with Crippen molar-refractivity contribution in [3.05, 3.63) is 63.1 Å². The molecule has 4 nitrogen and oxygen atoms in total. The first kappa shape index (κ1) is 16.6. The summed E-state index contributed by atoms with van der Waals surface area (Å²) in [6.07, 6.45) is 0.941. The molecule has 1 N–H and O–H groups in total. The average Bonchev–Trinajstić information content (AvgIpc) is 3.06. The van der Waals surface area contributed by atoms with E-state index in [-0.39, 0.29) is 11.8 Å². The van der Waals surface area contributed by atoms with E-state index in [2.05, 4.69) is 36.3 Å². The van der Waals surface area contributed by atoms with E-state index in [9.17, 15) is 9.59 Å². The van der Waals surface area contributed by atoms with Crippen molar-refractivity contribution in [2.45, 2.75) is 20.3 Å². The van der Waals surface area contributed by atoms with Gasteiger partial charge in [0.2, 0.25) is 0 Å². The Bertz CT molecular complexity index is 916. The fraction of sp³-hybridized carbons (Fsp3) is 0.167. The molecule has 4 rings (SSSR count). The smallest absolute Gasteiger partial charge is 0.258 e. The summed E-state index contributed by atoms with van der Waals surface area (Å²) in [7, 11) is 0. The summed E-state index contributed by atoms with van der Waals surface area (Å²) in [6.45, 7) is 4.18. The molecule has 6 heteroatoms. The standard InChI is InChI=1S/C10H10ClNS.C8H5NO2/c1-3-7-5-8-4-6(2)13-10(8)12-9(7)11;10-7-5-3-1-2-4-6(5)8(11)9-7/h4-5H,3H2,1-2H3;1-4H,(H,9,10,11). The highest BCUT2D eigenvalue weighted by atomic mass is 35.5. The molecule has 3 aromatic rings. The first-order valence-corrected chi connectivity index (χ1v) is 8.69. The molecule has 0 unspecified atom stereocenters. The minimum Gasteiger partial charge on any atom is -0.288 e. The van der Waals surface area contributed by atoms with Crippen LogP contribution in [0.3, 0.4) is 0 Å². The van der Waals surface area contributed by atoms with Crippen LogP contribution in [0.2, 0.25) is 5.15 Å². The number of benzene rings is 1. The van der Waals surface area contributed by atoms with E-state index in [1.165, 1.54) is 10.3 Å². The maximum Gasteiger partial charge on any atom is 0.258 e. The largest absolute Gasteiger partial charge is 0.288 e. The highest BCUT2D eigenvalue weighted by Gasteiger charge is 2.25. The quantitative estimate of drug-likeness (QED) is 0.518. The van der Waals surface area contributed by atoms with Crippen molar-refractivity contribution in [2.75, 3.05) is 0 Å². The van der Waals surface area contributed by atoms with Crippen LogP contribution in [0, 0.1) is 6.92 Å². The van der Waals surface area contributed by atoms with Gasteiger partial charge in [0, 0.05) is 10.3 Å². The zero-order valence-electron chi connectivity index (χ0n) is 13.2. The van der Waals surface area contributed by atoms with Crippen LogP contribution in [0.4, 0.5) is 0 Å². The number of amides is 2. The zero-order valence-corrected chi connectivity index (χ0v) is 14.8. The van der Waals surface area contributed by atoms with Gasteiger partial charge in [-0.15, -0.1) is 11.3 Å². The molecule has 0 bridgehead atoms. The summed E-state index contributed by atoms with van der Waals surface area (Å²) in [5, 5.41) is 4.07. The summed E-state index contributed by atoms with van der Waals surface area (Å²) in [5.41, 5.74) is 2.07. The van der Waals surface area contributed by atoms with Gasteiger partial charge in [0.1, 0.15) is 9.98 Å². The SMILES string of the molecule is CCc1cc2cc(C)sc2nc1Cl.O=C1NC(=O)c2ccccc21. The summed E-state index contributed by atoms with van der Waals surface area (Å²) >= 11 is 7.70. The normalized spacial score (nSPS) is 12.6. The zero-order chi connectivity index (χ0) is 17.3. The number of aryl methyl sites for hydroxylation is 2. The molecular weight excluding hydrogens is 344 g/mol. The van der Waals surface area contributed by atoms with Crippen molar-refractivity contribution >= 4 is 45.0 Å². The van der Waals surface area contributed by atoms with E-state index < -0.39 is 0 Å². The third-order valence-electron chi connectivity index (χ3n) is 3.68. The molecule has 0 fully saturated rings. The summed E-state index contributed by atoms with van der Waals surface area (Å²) in [6, 6.07) is 11.0. The number of rotatable bonds is 1. The predicted octanol–water partition coefficient (Wildman–Crippen LogP) is 4.39. The van der Waals surface area contributed by atoms with Crippen molar-refractivity contribution in [2.24, 2.45) is 0 Å². The lowest BCUT2D eigenvalue weighted by atomic mass is 10.1. The molecule has 2 amide bonds. The van der Waals surface area contributed by atoms with Crippen LogP contribution >= 0.6 is 22.9 Å². The number of halogens is 1. The molecule has 2 aromatic heterocycles. The van der Waals surface area contributed by atoms with E-state index in [0.29, 0.717) is 16.3 Å². The predicted molar refractivity (Wildman–Crippen MR) is 97.0 cm³/mol. The second kappa shape index (κ2) is 6.71. The number of carbonyl (C=O) groups is 2. The number of hydrogen-bond donors (Lipinski definition) is 1. The van der Waals surface area contributed by atoms with E-state index >= 15 is 0 Å². The molecule has 0 saturated heterocycles. The molecule has 0 spiro atoms. The van der Waals surface area contributed by atoms with Crippen LogP contribution in [0.5, 0.6) is 0 Å². The molecule has 24 heavy (non-hydrogen) atoms. The van der Waals surface area contributed by atoms with Crippen molar-refractivity contribution < 1.29 is 9.59 Å². The van der Waals surface area contributed by atoms with Crippen molar-refractivity contribution in [1.29, 1.82) is 0 Å². The number of aromatic nitrogens is 1. The minimum atomic E-state index is -0.300. The van der Waals surface area contributed by atoms with Crippen molar-refractivity contribution in [3.8, 4) is 0 Å². The van der Waals surface area contributed by atoms with Gasteiger partial charge in [0.05, 0.1) is 11.1 Å². The van der Waals surface area contributed by atoms with E-state index in [1.54, 1.807) is 35.6 Å². The Hall–Kier alpha value is -2.24. The maximum atomic E-state index is 10.9. The number of carbonyl (C=O) groups excluding carboxylic acids is 2. The van der Waals surface area contributed by atoms with Crippen LogP contribution in [-0.2, 0) is 6.42 Å². The topological polar surface area (TPSA) is 59.1 Å². The van der Waals surface area contributed by atoms with Gasteiger partial charge in [0.25, 0.3) is 11.8 Å². The minimum absolute atomic E-state index is 0.300. The Kier molecular flexibility index (Phi) is 4.64. The molecule has 122 valence electrons. The molecule has 0 aliphatic carbocycles. The Morgan fingerprint density at radius 1 is 1.12 bits per heavy atom. The lowest BCUT2D eigenvalue weighted by Crippen LogP contribution is -2.19. The number of fused-ring (bicyclic) bond motifs is 2. The van der Waals surface area contributed by atoms with Crippen LogP contribution in [-0.4, -0.2) is 16.8 Å². The number of thiophene rings is 1. The van der Waals surface area contributed by atoms with Gasteiger partial charge >= 0.3 is 0 Å². The summed E-state index contributed by atoms with van der Waals surface area (Å²) < 4.78 is 0. The third-order valence-corrected chi connectivity index (χ3v) is 4.97. The highest BCUT2D eigenvalue weighted by molar-refractivity contribution is 7.18. The van der Waals surface area contributed by atoms with Gasteiger partial charge in [-0.3, -0.25) is 14.9 Å². The molecule has 0 atom stereocenters. The fourth-order valence-corrected chi connectivity index (χ4v) is 3.67. The van der Waals surface area contributed by atoms with Crippen LogP contribution in [0.25, 0.3) is 10.2 Å². The van der Waals surface area contributed by atoms with Gasteiger partial charge in [-0.2, -0.15) is 0 Å². The van der Waals surface area contributed by atoms with Gasteiger partial charge < -0.3 is 0 Å². The van der Waals surface area contributed by atoms with Crippen LogP contribution < -0.4 is 5.32 Å². The molecule has 1 aliphatic rings. The Morgan fingerprint density at radius 3 is 2.33 bits per heavy atom. The summed E-state index contributed by atoms with van der Waals surface area (Å²) in [4.78, 5) is 28.6.